The van der Waals surface area contributed by atoms with E-state index < -0.39 is 0 Å². The molecule has 0 bridgehead atoms. The number of carbonyl (C=O) groups is 1. The molecule has 0 saturated carbocycles. The average Bonchev–Trinajstić information content (AvgIpc) is 2.80. The molecule has 1 aromatic heterocycles. The van der Waals surface area contributed by atoms with Crippen molar-refractivity contribution in [1.29, 1.82) is 0 Å². The number of aryl methyl sites for hydroxylation is 2. The minimum Gasteiger partial charge on any atom is -0.494 e. The summed E-state index contributed by atoms with van der Waals surface area (Å²) in [6.45, 7) is 6.11. The van der Waals surface area contributed by atoms with Crippen LogP contribution in [0, 0.1) is 13.8 Å². The maximum Gasteiger partial charge on any atom is 0.274 e. The van der Waals surface area contributed by atoms with Crippen LogP contribution in [0.5, 0.6) is 5.75 Å². The molecule has 1 amide bonds. The summed E-state index contributed by atoms with van der Waals surface area (Å²) in [4.78, 5) is 11.9. The molecule has 21 heavy (non-hydrogen) atoms. The van der Waals surface area contributed by atoms with E-state index in [0.29, 0.717) is 23.7 Å². The lowest BCUT2D eigenvalue weighted by Gasteiger charge is -2.02. The number of nitrogens with zero attached hydrogens (tertiary/aromatic N) is 1. The molecule has 5 nitrogen and oxygen atoms in total. The van der Waals surface area contributed by atoms with Gasteiger partial charge in [0.05, 0.1) is 18.4 Å². The van der Waals surface area contributed by atoms with Gasteiger partial charge < -0.3 is 9.15 Å². The van der Waals surface area contributed by atoms with Crippen LogP contribution in [0.15, 0.2) is 39.9 Å². The number of hydrogen-bond donors (Lipinski definition) is 1. The molecule has 0 spiro atoms. The topological polar surface area (TPSA) is 63.8 Å². The lowest BCUT2D eigenvalue weighted by Crippen LogP contribution is -2.17. The van der Waals surface area contributed by atoms with Crippen LogP contribution in [-0.4, -0.2) is 18.7 Å². The van der Waals surface area contributed by atoms with Gasteiger partial charge in [-0.3, -0.25) is 4.79 Å². The van der Waals surface area contributed by atoms with Gasteiger partial charge in [0.2, 0.25) is 0 Å². The van der Waals surface area contributed by atoms with Gasteiger partial charge in [0.15, 0.2) is 0 Å². The maximum atomic E-state index is 11.9. The Morgan fingerprint density at radius 1 is 1.33 bits per heavy atom. The van der Waals surface area contributed by atoms with E-state index in [1.54, 1.807) is 26.1 Å². The molecule has 0 atom stereocenters. The van der Waals surface area contributed by atoms with Crippen LogP contribution >= 0.6 is 0 Å². The molecule has 0 unspecified atom stereocenters. The van der Waals surface area contributed by atoms with Gasteiger partial charge in [0.25, 0.3) is 5.91 Å². The van der Waals surface area contributed by atoms with Crippen LogP contribution in [0.3, 0.4) is 0 Å². The molecule has 110 valence electrons. The molecule has 0 saturated heterocycles. The molecule has 0 aliphatic heterocycles. The second-order valence-electron chi connectivity index (χ2n) is 4.53. The predicted octanol–water partition coefficient (Wildman–Crippen LogP) is 3.06. The average molecular weight is 286 g/mol. The number of ether oxygens (including phenoxy) is 1. The first-order chi connectivity index (χ1) is 10.1. The highest BCUT2D eigenvalue weighted by Gasteiger charge is 2.12. The highest BCUT2D eigenvalue weighted by atomic mass is 16.5. The second kappa shape index (κ2) is 6.74. The second-order valence-corrected chi connectivity index (χ2v) is 4.53. The number of furan rings is 1. The Morgan fingerprint density at radius 2 is 2.05 bits per heavy atom. The summed E-state index contributed by atoms with van der Waals surface area (Å²) in [5.41, 5.74) is 3.85. The first kappa shape index (κ1) is 14.8. The molecular formula is C16H18N2O3. The number of hydrazone groups is 1. The Kier molecular flexibility index (Phi) is 4.77. The van der Waals surface area contributed by atoms with Crippen molar-refractivity contribution in [1.82, 2.24) is 5.43 Å². The molecule has 2 aromatic rings. The molecule has 0 radical (unpaired) electrons. The van der Waals surface area contributed by atoms with E-state index in [9.17, 15) is 4.79 Å². The SMILES string of the molecule is CCOc1ccc(C=NNC(=O)c2cc(C)oc2C)cc1. The van der Waals surface area contributed by atoms with Crippen LogP contribution in [0.1, 0.15) is 34.4 Å². The Labute approximate surface area is 123 Å². The van der Waals surface area contributed by atoms with Crippen molar-refractivity contribution in [3.63, 3.8) is 0 Å². The summed E-state index contributed by atoms with van der Waals surface area (Å²) >= 11 is 0. The standard InChI is InChI=1S/C16H18N2O3/c1-4-20-14-7-5-13(6-8-14)10-17-18-16(19)15-9-11(2)21-12(15)3/h5-10H,4H2,1-3H3,(H,18,19). The first-order valence-electron chi connectivity index (χ1n) is 6.73. The van der Waals surface area contributed by atoms with E-state index >= 15 is 0 Å². The van der Waals surface area contributed by atoms with Gasteiger partial charge in [-0.1, -0.05) is 0 Å². The third kappa shape index (κ3) is 3.95. The molecule has 5 heteroatoms. The van der Waals surface area contributed by atoms with E-state index in [1.807, 2.05) is 31.2 Å². The number of hydrogen-bond acceptors (Lipinski definition) is 4. The zero-order valence-electron chi connectivity index (χ0n) is 12.3. The number of rotatable bonds is 5. The summed E-state index contributed by atoms with van der Waals surface area (Å²) in [5, 5.41) is 3.94. The monoisotopic (exact) mass is 286 g/mol. The fraction of sp³-hybridized carbons (Fsp3) is 0.250. The van der Waals surface area contributed by atoms with Gasteiger partial charge in [0, 0.05) is 0 Å². The lowest BCUT2D eigenvalue weighted by molar-refractivity contribution is 0.0953. The Hall–Kier alpha value is -2.56. The fourth-order valence-electron chi connectivity index (χ4n) is 1.90. The maximum absolute atomic E-state index is 11.9. The Balaban J connectivity index is 1.95. The summed E-state index contributed by atoms with van der Waals surface area (Å²) in [6, 6.07) is 9.14. The molecule has 1 N–H and O–H groups in total. The summed E-state index contributed by atoms with van der Waals surface area (Å²) in [5.74, 6) is 1.81. The van der Waals surface area contributed by atoms with Crippen molar-refractivity contribution in [2.45, 2.75) is 20.8 Å². The lowest BCUT2D eigenvalue weighted by atomic mass is 10.2. The number of nitrogens with one attached hydrogen (secondary N) is 1. The highest BCUT2D eigenvalue weighted by molar-refractivity contribution is 5.95. The van der Waals surface area contributed by atoms with Crippen molar-refractivity contribution in [3.8, 4) is 5.75 Å². The van der Waals surface area contributed by atoms with Gasteiger partial charge in [-0.05, 0) is 56.7 Å². The normalized spacial score (nSPS) is 10.8. The summed E-state index contributed by atoms with van der Waals surface area (Å²) in [6.07, 6.45) is 1.58. The van der Waals surface area contributed by atoms with Gasteiger partial charge >= 0.3 is 0 Å². The minimum atomic E-state index is -0.286. The van der Waals surface area contributed by atoms with Crippen LogP contribution in [0.4, 0.5) is 0 Å². The van der Waals surface area contributed by atoms with Gasteiger partial charge in [-0.15, -0.1) is 0 Å². The van der Waals surface area contributed by atoms with E-state index in [2.05, 4.69) is 10.5 Å². The summed E-state index contributed by atoms with van der Waals surface area (Å²) in [7, 11) is 0. The van der Waals surface area contributed by atoms with Crippen LogP contribution in [0.25, 0.3) is 0 Å². The zero-order chi connectivity index (χ0) is 15.2. The molecule has 0 fully saturated rings. The van der Waals surface area contributed by atoms with Crippen LogP contribution in [-0.2, 0) is 0 Å². The van der Waals surface area contributed by atoms with Gasteiger partial charge in [-0.2, -0.15) is 5.10 Å². The first-order valence-corrected chi connectivity index (χ1v) is 6.73. The Morgan fingerprint density at radius 3 is 2.62 bits per heavy atom. The number of amides is 1. The number of carbonyl (C=O) groups excluding carboxylic acids is 1. The third-order valence-corrected chi connectivity index (χ3v) is 2.86. The van der Waals surface area contributed by atoms with Crippen molar-refractivity contribution < 1.29 is 13.9 Å². The van der Waals surface area contributed by atoms with Crippen LogP contribution in [0.2, 0.25) is 0 Å². The molecule has 2 rings (SSSR count). The molecule has 0 aliphatic carbocycles. The predicted molar refractivity (Wildman–Crippen MR) is 80.9 cm³/mol. The highest BCUT2D eigenvalue weighted by Crippen LogP contribution is 2.13. The third-order valence-electron chi connectivity index (χ3n) is 2.86. The quantitative estimate of drug-likeness (QED) is 0.678. The molecular weight excluding hydrogens is 268 g/mol. The molecule has 1 aromatic carbocycles. The van der Waals surface area contributed by atoms with Crippen LogP contribution < -0.4 is 10.2 Å². The molecule has 1 heterocycles. The van der Waals surface area contributed by atoms with Crippen molar-refractivity contribution >= 4 is 12.1 Å². The Bertz CT molecular complexity index is 642. The number of benzene rings is 1. The smallest absolute Gasteiger partial charge is 0.274 e. The van der Waals surface area contributed by atoms with Gasteiger partial charge in [-0.25, -0.2) is 5.43 Å². The summed E-state index contributed by atoms with van der Waals surface area (Å²) < 4.78 is 10.7. The van der Waals surface area contributed by atoms with Crippen molar-refractivity contribution in [3.05, 3.63) is 53.0 Å². The van der Waals surface area contributed by atoms with E-state index in [0.717, 1.165) is 11.3 Å². The molecule has 0 aliphatic rings. The van der Waals surface area contributed by atoms with Crippen molar-refractivity contribution in [2.24, 2.45) is 5.10 Å². The minimum absolute atomic E-state index is 0.286. The van der Waals surface area contributed by atoms with E-state index in [-0.39, 0.29) is 5.91 Å². The van der Waals surface area contributed by atoms with Crippen molar-refractivity contribution in [2.75, 3.05) is 6.61 Å². The van der Waals surface area contributed by atoms with E-state index in [4.69, 9.17) is 9.15 Å². The largest absolute Gasteiger partial charge is 0.494 e. The fourth-order valence-corrected chi connectivity index (χ4v) is 1.90. The van der Waals surface area contributed by atoms with Gasteiger partial charge in [0.1, 0.15) is 17.3 Å². The zero-order valence-corrected chi connectivity index (χ0v) is 12.3. The van der Waals surface area contributed by atoms with E-state index in [1.165, 1.54) is 0 Å².